The molecule has 0 fully saturated rings. The van der Waals surface area contributed by atoms with Crippen LogP contribution in [0.25, 0.3) is 11.6 Å². The van der Waals surface area contributed by atoms with E-state index in [4.69, 9.17) is 4.98 Å². The van der Waals surface area contributed by atoms with Gasteiger partial charge in [0.2, 0.25) is 0 Å². The minimum atomic E-state index is 0.930. The van der Waals surface area contributed by atoms with Crippen molar-refractivity contribution < 1.29 is 0 Å². The molecule has 0 amide bonds. The summed E-state index contributed by atoms with van der Waals surface area (Å²) in [7, 11) is 0. The molecule has 4 heteroatoms. The second kappa shape index (κ2) is 10.0. The fourth-order valence-corrected chi connectivity index (χ4v) is 4.22. The second-order valence-corrected chi connectivity index (χ2v) is 8.03. The molecular formula is C23H24N2S2. The molecule has 0 N–H and O–H groups in total. The predicted molar refractivity (Wildman–Crippen MR) is 121 cm³/mol. The summed E-state index contributed by atoms with van der Waals surface area (Å²) < 4.78 is 0. The number of nitrogens with zero attached hydrogens (tertiary/aromatic N) is 2. The molecule has 2 heterocycles. The molecule has 3 aromatic rings. The van der Waals surface area contributed by atoms with Crippen molar-refractivity contribution in [3.8, 4) is 0 Å². The highest BCUT2D eigenvalue weighted by atomic mass is 32.1. The smallest absolute Gasteiger partial charge is 0.186 e. The first kappa shape index (κ1) is 19.3. The molecule has 0 bridgehead atoms. The van der Waals surface area contributed by atoms with Crippen LogP contribution in [-0.4, -0.2) is 11.5 Å². The summed E-state index contributed by atoms with van der Waals surface area (Å²) in [5, 5.41) is 5.33. The van der Waals surface area contributed by atoms with Crippen molar-refractivity contribution in [3.63, 3.8) is 0 Å². The number of hydrogen-bond donors (Lipinski definition) is 0. The lowest BCUT2D eigenvalue weighted by Crippen LogP contribution is -2.22. The topological polar surface area (TPSA) is 16.1 Å². The first-order chi connectivity index (χ1) is 13.3. The third kappa shape index (κ3) is 5.78. The molecule has 27 heavy (non-hydrogen) atoms. The molecule has 0 saturated heterocycles. The molecule has 0 aliphatic carbocycles. The van der Waals surface area contributed by atoms with Crippen LogP contribution < -0.4 is 4.90 Å². The van der Waals surface area contributed by atoms with Gasteiger partial charge in [-0.2, -0.15) is 0 Å². The average molecular weight is 393 g/mol. The molecule has 0 aliphatic rings. The Balaban J connectivity index is 1.61. The van der Waals surface area contributed by atoms with Gasteiger partial charge in [0, 0.05) is 16.8 Å². The Morgan fingerprint density at radius 3 is 2.70 bits per heavy atom. The van der Waals surface area contributed by atoms with Crippen LogP contribution in [0, 0.1) is 0 Å². The van der Waals surface area contributed by atoms with E-state index in [2.05, 4.69) is 53.4 Å². The van der Waals surface area contributed by atoms with Crippen molar-refractivity contribution in [2.24, 2.45) is 0 Å². The van der Waals surface area contributed by atoms with E-state index in [-0.39, 0.29) is 0 Å². The summed E-state index contributed by atoms with van der Waals surface area (Å²) in [5.41, 5.74) is 3.14. The molecule has 138 valence electrons. The van der Waals surface area contributed by atoms with Gasteiger partial charge in [0.05, 0.1) is 12.2 Å². The maximum atomic E-state index is 4.79. The number of hydrogen-bond acceptors (Lipinski definition) is 4. The van der Waals surface area contributed by atoms with Gasteiger partial charge < -0.3 is 4.90 Å². The van der Waals surface area contributed by atoms with Crippen LogP contribution in [0.2, 0.25) is 0 Å². The Morgan fingerprint density at radius 1 is 1.11 bits per heavy atom. The maximum absolute atomic E-state index is 4.79. The number of anilines is 1. The first-order valence-corrected chi connectivity index (χ1v) is 10.8. The molecule has 0 unspecified atom stereocenters. The van der Waals surface area contributed by atoms with Crippen molar-refractivity contribution in [3.05, 3.63) is 94.2 Å². The molecule has 0 saturated carbocycles. The first-order valence-electron chi connectivity index (χ1n) is 9.08. The van der Waals surface area contributed by atoms with E-state index in [1.54, 1.807) is 22.7 Å². The zero-order chi connectivity index (χ0) is 18.9. The van der Waals surface area contributed by atoms with Crippen molar-refractivity contribution >= 4 is 39.5 Å². The number of thiazole rings is 1. The third-order valence-electron chi connectivity index (χ3n) is 4.02. The van der Waals surface area contributed by atoms with Gasteiger partial charge in [0.1, 0.15) is 0 Å². The molecule has 0 spiro atoms. The summed E-state index contributed by atoms with van der Waals surface area (Å²) in [6, 6.07) is 14.5. The standard InChI is InChI=1S/C23H24N2S2/c1-3-15-25(17-22-14-9-16-26-22)23-24-21(18-27-23)13-8-7-10-19(2)20-11-5-4-6-12-20/h4-14,16,18H,2-3,15,17H2,1H3/b10-7-,13-8+. The monoisotopic (exact) mass is 392 g/mol. The van der Waals surface area contributed by atoms with Gasteiger partial charge in [-0.3, -0.25) is 0 Å². The molecular weight excluding hydrogens is 368 g/mol. The summed E-state index contributed by atoms with van der Waals surface area (Å²) in [5.74, 6) is 0. The molecule has 0 radical (unpaired) electrons. The molecule has 0 atom stereocenters. The number of allylic oxidation sites excluding steroid dienone is 4. The van der Waals surface area contributed by atoms with Crippen molar-refractivity contribution in [1.82, 2.24) is 4.98 Å². The molecule has 2 nitrogen and oxygen atoms in total. The van der Waals surface area contributed by atoms with E-state index in [1.807, 2.05) is 42.5 Å². The van der Waals surface area contributed by atoms with Crippen LogP contribution in [0.3, 0.4) is 0 Å². The highest BCUT2D eigenvalue weighted by molar-refractivity contribution is 7.13. The number of benzene rings is 1. The van der Waals surface area contributed by atoms with Crippen LogP contribution in [0.4, 0.5) is 5.13 Å². The van der Waals surface area contributed by atoms with Gasteiger partial charge in [0.25, 0.3) is 0 Å². The van der Waals surface area contributed by atoms with E-state index >= 15 is 0 Å². The lowest BCUT2D eigenvalue weighted by molar-refractivity contribution is 0.770. The Hall–Kier alpha value is -2.43. The molecule has 1 aromatic carbocycles. The minimum absolute atomic E-state index is 0.930. The zero-order valence-corrected chi connectivity index (χ0v) is 17.2. The predicted octanol–water partition coefficient (Wildman–Crippen LogP) is 6.90. The summed E-state index contributed by atoms with van der Waals surface area (Å²) in [4.78, 5) is 8.53. The maximum Gasteiger partial charge on any atom is 0.186 e. The summed E-state index contributed by atoms with van der Waals surface area (Å²) >= 11 is 3.51. The van der Waals surface area contributed by atoms with Gasteiger partial charge in [-0.1, -0.05) is 68.1 Å². The second-order valence-electron chi connectivity index (χ2n) is 6.17. The molecule has 3 rings (SSSR count). The molecule has 0 aliphatic heterocycles. The van der Waals surface area contributed by atoms with E-state index in [0.717, 1.165) is 41.5 Å². The number of aromatic nitrogens is 1. The lowest BCUT2D eigenvalue weighted by Gasteiger charge is -2.20. The Morgan fingerprint density at radius 2 is 1.96 bits per heavy atom. The van der Waals surface area contributed by atoms with Gasteiger partial charge in [-0.05, 0) is 35.1 Å². The van der Waals surface area contributed by atoms with Crippen LogP contribution in [0.5, 0.6) is 0 Å². The van der Waals surface area contributed by atoms with Crippen molar-refractivity contribution in [2.45, 2.75) is 19.9 Å². The summed E-state index contributed by atoms with van der Waals surface area (Å²) in [6.07, 6.45) is 9.23. The zero-order valence-electron chi connectivity index (χ0n) is 15.5. The van der Waals surface area contributed by atoms with Crippen LogP contribution in [0.15, 0.2) is 78.0 Å². The largest absolute Gasteiger partial charge is 0.343 e. The molecule has 2 aromatic heterocycles. The Kier molecular flexibility index (Phi) is 7.19. The van der Waals surface area contributed by atoms with E-state index in [1.165, 1.54) is 4.88 Å². The Labute approximate surface area is 169 Å². The van der Waals surface area contributed by atoms with E-state index < -0.39 is 0 Å². The highest BCUT2D eigenvalue weighted by Crippen LogP contribution is 2.24. The fourth-order valence-electron chi connectivity index (χ4n) is 2.68. The Bertz CT molecular complexity index is 890. The van der Waals surface area contributed by atoms with Crippen LogP contribution >= 0.6 is 22.7 Å². The fraction of sp³-hybridized carbons (Fsp3) is 0.174. The van der Waals surface area contributed by atoms with Gasteiger partial charge in [-0.15, -0.1) is 22.7 Å². The SMILES string of the molecule is C=C(/C=C\C=C\c1csc(N(CCC)Cc2cccs2)n1)c1ccccc1. The average Bonchev–Trinajstić information content (AvgIpc) is 3.37. The minimum Gasteiger partial charge on any atom is -0.343 e. The van der Waals surface area contributed by atoms with Crippen molar-refractivity contribution in [1.29, 1.82) is 0 Å². The normalized spacial score (nSPS) is 11.4. The number of rotatable bonds is 9. The van der Waals surface area contributed by atoms with Gasteiger partial charge in [0.15, 0.2) is 5.13 Å². The van der Waals surface area contributed by atoms with Crippen molar-refractivity contribution in [2.75, 3.05) is 11.4 Å². The highest BCUT2D eigenvalue weighted by Gasteiger charge is 2.11. The van der Waals surface area contributed by atoms with Gasteiger partial charge in [-0.25, -0.2) is 4.98 Å². The summed E-state index contributed by atoms with van der Waals surface area (Å²) in [6.45, 7) is 8.27. The van der Waals surface area contributed by atoms with Crippen LogP contribution in [0.1, 0.15) is 29.5 Å². The quantitative estimate of drug-likeness (QED) is 0.368. The van der Waals surface area contributed by atoms with E-state index in [0.29, 0.717) is 0 Å². The number of thiophene rings is 1. The lowest BCUT2D eigenvalue weighted by atomic mass is 10.1. The van der Waals surface area contributed by atoms with E-state index in [9.17, 15) is 0 Å². The van der Waals surface area contributed by atoms with Crippen LogP contribution in [-0.2, 0) is 6.54 Å². The van der Waals surface area contributed by atoms with Gasteiger partial charge >= 0.3 is 0 Å². The third-order valence-corrected chi connectivity index (χ3v) is 5.80.